The van der Waals surface area contributed by atoms with Crippen LogP contribution in [0, 0.1) is 0 Å². The maximum atomic E-state index is 11.0. The number of carboxylic acid groups (broad SMARTS) is 1. The maximum Gasteiger partial charge on any atom is 0.336 e. The summed E-state index contributed by atoms with van der Waals surface area (Å²) in [6, 6.07) is 5.83. The molecule has 19 heavy (non-hydrogen) atoms. The first-order valence-electron chi connectivity index (χ1n) is 6.42. The lowest BCUT2D eigenvalue weighted by Gasteiger charge is -2.29. The van der Waals surface area contributed by atoms with Crippen molar-refractivity contribution in [2.75, 3.05) is 11.6 Å². The predicted molar refractivity (Wildman–Crippen MR) is 84.3 cm³/mol. The summed E-state index contributed by atoms with van der Waals surface area (Å²) in [6.45, 7) is 0. The third-order valence-electron chi connectivity index (χ3n) is 3.53. The molecule has 2 N–H and O–H groups in total. The molecule has 1 saturated carbocycles. The molecular weight excluding hydrogens is 326 g/mol. The molecule has 2 rings (SSSR count). The highest BCUT2D eigenvalue weighted by atomic mass is 79.9. The molecule has 104 valence electrons. The average molecular weight is 344 g/mol. The van der Waals surface area contributed by atoms with E-state index >= 15 is 0 Å². The molecule has 0 aliphatic heterocycles. The number of hydrogen-bond donors (Lipinski definition) is 2. The number of anilines is 1. The van der Waals surface area contributed by atoms with Gasteiger partial charge in [-0.15, -0.1) is 0 Å². The molecule has 1 aromatic rings. The van der Waals surface area contributed by atoms with Crippen LogP contribution in [0.2, 0.25) is 0 Å². The van der Waals surface area contributed by atoms with Crippen molar-refractivity contribution in [1.82, 2.24) is 0 Å². The van der Waals surface area contributed by atoms with Gasteiger partial charge < -0.3 is 10.4 Å². The van der Waals surface area contributed by atoms with Gasteiger partial charge >= 0.3 is 5.97 Å². The molecule has 3 nitrogen and oxygen atoms in total. The fourth-order valence-corrected chi connectivity index (χ4v) is 3.88. The highest BCUT2D eigenvalue weighted by Gasteiger charge is 2.21. The van der Waals surface area contributed by atoms with Gasteiger partial charge in [-0.1, -0.05) is 6.42 Å². The van der Waals surface area contributed by atoms with E-state index in [0.717, 1.165) is 10.9 Å². The van der Waals surface area contributed by atoms with E-state index < -0.39 is 5.97 Å². The minimum absolute atomic E-state index is 0.302. The van der Waals surface area contributed by atoms with Gasteiger partial charge in [0.25, 0.3) is 0 Å². The number of hydrogen-bond acceptors (Lipinski definition) is 3. The Hall–Kier alpha value is -0.680. The lowest BCUT2D eigenvalue weighted by atomic mass is 9.94. The number of rotatable bonds is 4. The molecule has 1 aliphatic rings. The minimum atomic E-state index is -0.904. The van der Waals surface area contributed by atoms with Gasteiger partial charge in [0.05, 0.1) is 5.56 Å². The van der Waals surface area contributed by atoms with Crippen molar-refractivity contribution in [3.8, 4) is 0 Å². The zero-order chi connectivity index (χ0) is 13.8. The quantitative estimate of drug-likeness (QED) is 0.858. The van der Waals surface area contributed by atoms with E-state index in [1.54, 1.807) is 6.07 Å². The molecule has 0 bridgehead atoms. The van der Waals surface area contributed by atoms with E-state index in [2.05, 4.69) is 27.5 Å². The molecule has 1 aliphatic carbocycles. The number of carbonyl (C=O) groups is 1. The summed E-state index contributed by atoms with van der Waals surface area (Å²) < 4.78 is 0.627. The van der Waals surface area contributed by atoms with Crippen LogP contribution in [0.1, 0.15) is 36.0 Å². The molecule has 1 fully saturated rings. The van der Waals surface area contributed by atoms with Crippen LogP contribution in [-0.4, -0.2) is 28.6 Å². The summed E-state index contributed by atoms with van der Waals surface area (Å²) in [5.41, 5.74) is 1.29. The van der Waals surface area contributed by atoms with Crippen LogP contribution in [0.3, 0.4) is 0 Å². The van der Waals surface area contributed by atoms with Crippen LogP contribution < -0.4 is 5.32 Å². The second-order valence-corrected chi connectivity index (χ2v) is 6.86. The van der Waals surface area contributed by atoms with Crippen molar-refractivity contribution < 1.29 is 9.90 Å². The first-order chi connectivity index (χ1) is 9.10. The van der Waals surface area contributed by atoms with E-state index in [9.17, 15) is 4.79 Å². The topological polar surface area (TPSA) is 49.3 Å². The minimum Gasteiger partial charge on any atom is -0.478 e. The Morgan fingerprint density at radius 3 is 2.89 bits per heavy atom. The Morgan fingerprint density at radius 1 is 1.47 bits per heavy atom. The van der Waals surface area contributed by atoms with Crippen LogP contribution in [0.15, 0.2) is 22.7 Å². The molecule has 0 saturated heterocycles. The van der Waals surface area contributed by atoms with E-state index in [1.807, 2.05) is 23.9 Å². The Kier molecular flexibility index (Phi) is 5.16. The summed E-state index contributed by atoms with van der Waals surface area (Å²) >= 11 is 5.26. The molecule has 0 radical (unpaired) electrons. The smallest absolute Gasteiger partial charge is 0.336 e. The van der Waals surface area contributed by atoms with Crippen LogP contribution in [0.4, 0.5) is 5.69 Å². The van der Waals surface area contributed by atoms with Crippen molar-refractivity contribution in [1.29, 1.82) is 0 Å². The van der Waals surface area contributed by atoms with E-state index in [0.29, 0.717) is 16.1 Å². The number of benzene rings is 1. The molecule has 1 aromatic carbocycles. The van der Waals surface area contributed by atoms with Crippen molar-refractivity contribution in [3.63, 3.8) is 0 Å². The summed E-state index contributed by atoms with van der Waals surface area (Å²) in [6.07, 6.45) is 7.11. The third kappa shape index (κ3) is 3.89. The third-order valence-corrected chi connectivity index (χ3v) is 5.28. The van der Waals surface area contributed by atoms with E-state index in [-0.39, 0.29) is 0 Å². The van der Waals surface area contributed by atoms with Gasteiger partial charge in [-0.2, -0.15) is 11.8 Å². The van der Waals surface area contributed by atoms with Gasteiger partial charge in [-0.05, 0) is 59.6 Å². The van der Waals surface area contributed by atoms with Crippen molar-refractivity contribution in [2.24, 2.45) is 0 Å². The van der Waals surface area contributed by atoms with Crippen molar-refractivity contribution >= 4 is 39.3 Å². The van der Waals surface area contributed by atoms with Crippen LogP contribution in [0.25, 0.3) is 0 Å². The zero-order valence-electron chi connectivity index (χ0n) is 10.9. The molecule has 0 amide bonds. The monoisotopic (exact) mass is 343 g/mol. The second-order valence-electron chi connectivity index (χ2n) is 4.87. The summed E-state index contributed by atoms with van der Waals surface area (Å²) in [5.74, 6) is -0.904. The summed E-state index contributed by atoms with van der Waals surface area (Å²) in [5, 5.41) is 13.3. The van der Waals surface area contributed by atoms with Crippen LogP contribution in [-0.2, 0) is 0 Å². The normalized spacial score (nSPS) is 23.1. The fourth-order valence-electron chi connectivity index (χ4n) is 2.50. The van der Waals surface area contributed by atoms with Crippen LogP contribution in [0.5, 0.6) is 0 Å². The highest BCUT2D eigenvalue weighted by Crippen LogP contribution is 2.30. The second kappa shape index (κ2) is 6.66. The van der Waals surface area contributed by atoms with Crippen molar-refractivity contribution in [2.45, 2.75) is 37.0 Å². The van der Waals surface area contributed by atoms with E-state index in [4.69, 9.17) is 5.11 Å². The van der Waals surface area contributed by atoms with Gasteiger partial charge in [-0.25, -0.2) is 4.79 Å². The fraction of sp³-hybridized carbons (Fsp3) is 0.500. The number of halogens is 1. The Balaban J connectivity index is 2.03. The molecule has 0 aromatic heterocycles. The maximum absolute atomic E-state index is 11.0. The summed E-state index contributed by atoms with van der Waals surface area (Å²) in [4.78, 5) is 11.0. The predicted octanol–water partition coefficient (Wildman–Crippen LogP) is 4.23. The standard InChI is InChI=1S/C14H18BrNO2S/c1-19-11-4-2-3-9(7-11)16-10-5-6-12(14(17)18)13(15)8-10/h5-6,8-9,11,16H,2-4,7H2,1H3,(H,17,18). The Labute approximate surface area is 126 Å². The summed E-state index contributed by atoms with van der Waals surface area (Å²) in [7, 11) is 0. The lowest BCUT2D eigenvalue weighted by Crippen LogP contribution is -2.28. The number of carboxylic acids is 1. The Morgan fingerprint density at radius 2 is 2.26 bits per heavy atom. The molecule has 0 spiro atoms. The van der Waals surface area contributed by atoms with E-state index in [1.165, 1.54) is 25.7 Å². The number of aromatic carboxylic acids is 1. The van der Waals surface area contributed by atoms with Gasteiger partial charge in [0.2, 0.25) is 0 Å². The van der Waals surface area contributed by atoms with Gasteiger partial charge in [0.15, 0.2) is 0 Å². The molecule has 2 unspecified atom stereocenters. The average Bonchev–Trinajstić information content (AvgIpc) is 2.38. The van der Waals surface area contributed by atoms with Crippen molar-refractivity contribution in [3.05, 3.63) is 28.2 Å². The molecule has 5 heteroatoms. The first-order valence-corrected chi connectivity index (χ1v) is 8.50. The van der Waals surface area contributed by atoms with Gasteiger partial charge in [0, 0.05) is 21.5 Å². The number of nitrogens with one attached hydrogen (secondary N) is 1. The SMILES string of the molecule is CSC1CCCC(Nc2ccc(C(=O)O)c(Br)c2)C1. The van der Waals surface area contributed by atoms with Gasteiger partial charge in [-0.3, -0.25) is 0 Å². The first kappa shape index (κ1) is 14.7. The molecular formula is C14H18BrNO2S. The zero-order valence-corrected chi connectivity index (χ0v) is 13.3. The largest absolute Gasteiger partial charge is 0.478 e. The molecule has 2 atom stereocenters. The van der Waals surface area contributed by atoms with Crippen LogP contribution >= 0.6 is 27.7 Å². The highest BCUT2D eigenvalue weighted by molar-refractivity contribution is 9.10. The van der Waals surface area contributed by atoms with Gasteiger partial charge in [0.1, 0.15) is 0 Å². The number of thioether (sulfide) groups is 1. The molecule has 0 heterocycles. The lowest BCUT2D eigenvalue weighted by molar-refractivity contribution is 0.0696. The Bertz CT molecular complexity index is 467.